The average Bonchev–Trinajstić information content (AvgIpc) is 2.49. The molecule has 0 aliphatic rings. The Bertz CT molecular complexity index is 612. The van der Waals surface area contributed by atoms with Gasteiger partial charge in [-0.15, -0.1) is 0 Å². The van der Waals surface area contributed by atoms with E-state index in [1.807, 2.05) is 31.2 Å². The summed E-state index contributed by atoms with van der Waals surface area (Å²) in [6, 6.07) is 14.4. The lowest BCUT2D eigenvalue weighted by Gasteiger charge is -2.13. The molecule has 104 valence electrons. The van der Waals surface area contributed by atoms with Crippen LogP contribution in [-0.2, 0) is 0 Å². The Balaban J connectivity index is 2.36. The van der Waals surface area contributed by atoms with Gasteiger partial charge in [0, 0.05) is 0 Å². The van der Waals surface area contributed by atoms with E-state index >= 15 is 0 Å². The highest BCUT2D eigenvalue weighted by atomic mass is 16.5. The van der Waals surface area contributed by atoms with Crippen molar-refractivity contribution in [3.05, 3.63) is 54.1 Å². The molecule has 2 rings (SSSR count). The highest BCUT2D eigenvalue weighted by Crippen LogP contribution is 2.32. The maximum absolute atomic E-state index is 8.80. The lowest BCUT2D eigenvalue weighted by atomic mass is 10.2. The Labute approximate surface area is 117 Å². The predicted molar refractivity (Wildman–Crippen MR) is 76.6 cm³/mol. The molecule has 5 nitrogen and oxygen atoms in total. The molecule has 0 bridgehead atoms. The van der Waals surface area contributed by atoms with E-state index in [-0.39, 0.29) is 5.84 Å². The number of para-hydroxylation sites is 3. The van der Waals surface area contributed by atoms with Crippen molar-refractivity contribution in [2.75, 3.05) is 6.61 Å². The van der Waals surface area contributed by atoms with Gasteiger partial charge in [-0.25, -0.2) is 0 Å². The molecule has 5 heteroatoms. The minimum absolute atomic E-state index is 0.00510. The number of amidine groups is 1. The number of rotatable bonds is 5. The van der Waals surface area contributed by atoms with Gasteiger partial charge in [0.15, 0.2) is 17.3 Å². The molecule has 0 fully saturated rings. The van der Waals surface area contributed by atoms with Crippen LogP contribution in [0.25, 0.3) is 0 Å². The molecule has 0 saturated heterocycles. The third kappa shape index (κ3) is 3.00. The van der Waals surface area contributed by atoms with E-state index in [9.17, 15) is 0 Å². The zero-order valence-electron chi connectivity index (χ0n) is 11.1. The summed E-state index contributed by atoms with van der Waals surface area (Å²) in [6.07, 6.45) is 0. The van der Waals surface area contributed by atoms with Crippen molar-refractivity contribution in [1.82, 2.24) is 0 Å². The second-order valence-electron chi connectivity index (χ2n) is 3.96. The minimum Gasteiger partial charge on any atom is -0.490 e. The van der Waals surface area contributed by atoms with Crippen LogP contribution in [0.15, 0.2) is 53.7 Å². The van der Waals surface area contributed by atoms with E-state index in [0.29, 0.717) is 29.4 Å². The molecule has 0 unspecified atom stereocenters. The van der Waals surface area contributed by atoms with E-state index in [1.54, 1.807) is 24.3 Å². The zero-order chi connectivity index (χ0) is 14.4. The van der Waals surface area contributed by atoms with E-state index in [0.717, 1.165) is 0 Å². The molecule has 3 N–H and O–H groups in total. The third-order valence-corrected chi connectivity index (χ3v) is 2.64. The van der Waals surface area contributed by atoms with Gasteiger partial charge in [0.1, 0.15) is 5.75 Å². The van der Waals surface area contributed by atoms with Crippen molar-refractivity contribution in [1.29, 1.82) is 0 Å². The highest BCUT2D eigenvalue weighted by Gasteiger charge is 2.11. The normalized spacial score (nSPS) is 11.2. The van der Waals surface area contributed by atoms with Crippen molar-refractivity contribution in [3.63, 3.8) is 0 Å². The van der Waals surface area contributed by atoms with Gasteiger partial charge in [0.05, 0.1) is 12.2 Å². The SMILES string of the molecule is CCOc1ccccc1Oc1ccccc1/C(N)=N/O. The van der Waals surface area contributed by atoms with Crippen molar-refractivity contribution in [2.24, 2.45) is 10.9 Å². The van der Waals surface area contributed by atoms with Gasteiger partial charge >= 0.3 is 0 Å². The van der Waals surface area contributed by atoms with Crippen LogP contribution >= 0.6 is 0 Å². The maximum atomic E-state index is 8.80. The smallest absolute Gasteiger partial charge is 0.173 e. The monoisotopic (exact) mass is 272 g/mol. The average molecular weight is 272 g/mol. The summed E-state index contributed by atoms with van der Waals surface area (Å²) >= 11 is 0. The van der Waals surface area contributed by atoms with Gasteiger partial charge in [-0.05, 0) is 31.2 Å². The number of nitrogens with two attached hydrogens (primary N) is 1. The van der Waals surface area contributed by atoms with Gasteiger partial charge < -0.3 is 20.4 Å². The van der Waals surface area contributed by atoms with Gasteiger partial charge in [-0.1, -0.05) is 29.4 Å². The first-order valence-corrected chi connectivity index (χ1v) is 6.23. The summed E-state index contributed by atoms with van der Waals surface area (Å²) in [6.45, 7) is 2.45. The Morgan fingerprint density at radius 3 is 2.30 bits per heavy atom. The van der Waals surface area contributed by atoms with Crippen molar-refractivity contribution >= 4 is 5.84 Å². The molecule has 0 aromatic heterocycles. The fraction of sp³-hybridized carbons (Fsp3) is 0.133. The highest BCUT2D eigenvalue weighted by molar-refractivity contribution is 5.99. The molecule has 2 aromatic rings. The number of benzene rings is 2. The first-order chi connectivity index (χ1) is 9.76. The van der Waals surface area contributed by atoms with Gasteiger partial charge in [0.25, 0.3) is 0 Å². The summed E-state index contributed by atoms with van der Waals surface area (Å²) in [7, 11) is 0. The van der Waals surface area contributed by atoms with Crippen LogP contribution in [0.3, 0.4) is 0 Å². The Morgan fingerprint density at radius 2 is 1.65 bits per heavy atom. The molecule has 20 heavy (non-hydrogen) atoms. The summed E-state index contributed by atoms with van der Waals surface area (Å²) in [5.74, 6) is 1.71. The molecular weight excluding hydrogens is 256 g/mol. The minimum atomic E-state index is -0.00510. The summed E-state index contributed by atoms with van der Waals surface area (Å²) < 4.78 is 11.3. The van der Waals surface area contributed by atoms with E-state index in [2.05, 4.69) is 5.16 Å². The molecule has 0 atom stereocenters. The number of nitrogens with zero attached hydrogens (tertiary/aromatic N) is 1. The third-order valence-electron chi connectivity index (χ3n) is 2.64. The predicted octanol–water partition coefficient (Wildman–Crippen LogP) is 2.97. The van der Waals surface area contributed by atoms with Crippen LogP contribution in [-0.4, -0.2) is 17.6 Å². The fourth-order valence-corrected chi connectivity index (χ4v) is 1.75. The molecule has 0 aliphatic heterocycles. The lowest BCUT2D eigenvalue weighted by molar-refractivity contribution is 0.317. The molecule has 0 saturated carbocycles. The molecule has 0 radical (unpaired) electrons. The molecule has 0 aliphatic carbocycles. The molecule has 0 amide bonds. The molecule has 0 spiro atoms. The lowest BCUT2D eigenvalue weighted by Crippen LogP contribution is -2.14. The number of hydrogen-bond donors (Lipinski definition) is 2. The van der Waals surface area contributed by atoms with Gasteiger partial charge in [0.2, 0.25) is 0 Å². The summed E-state index contributed by atoms with van der Waals surface area (Å²) in [4.78, 5) is 0. The topological polar surface area (TPSA) is 77.1 Å². The largest absolute Gasteiger partial charge is 0.490 e. The van der Waals surface area contributed by atoms with Crippen LogP contribution in [0, 0.1) is 0 Å². The van der Waals surface area contributed by atoms with Gasteiger partial charge in [-0.2, -0.15) is 0 Å². The van der Waals surface area contributed by atoms with Gasteiger partial charge in [-0.3, -0.25) is 0 Å². The van der Waals surface area contributed by atoms with Crippen LogP contribution in [0.2, 0.25) is 0 Å². The number of oxime groups is 1. The Kier molecular flexibility index (Phi) is 4.44. The van der Waals surface area contributed by atoms with Crippen LogP contribution < -0.4 is 15.2 Å². The van der Waals surface area contributed by atoms with Crippen molar-refractivity contribution in [3.8, 4) is 17.2 Å². The van der Waals surface area contributed by atoms with E-state index in [4.69, 9.17) is 20.4 Å². The Morgan fingerprint density at radius 1 is 1.05 bits per heavy atom. The summed E-state index contributed by atoms with van der Waals surface area (Å²) in [5, 5.41) is 11.8. The fourth-order valence-electron chi connectivity index (χ4n) is 1.75. The number of hydrogen-bond acceptors (Lipinski definition) is 4. The summed E-state index contributed by atoms with van der Waals surface area (Å²) in [5.41, 5.74) is 6.15. The molecule has 2 aromatic carbocycles. The first kappa shape index (κ1) is 13.7. The quantitative estimate of drug-likeness (QED) is 0.379. The molecule has 0 heterocycles. The van der Waals surface area contributed by atoms with E-state index in [1.165, 1.54) is 0 Å². The maximum Gasteiger partial charge on any atom is 0.173 e. The standard InChI is InChI=1S/C15H16N2O3/c1-2-19-13-9-5-6-10-14(13)20-12-8-4-3-7-11(12)15(16)17-18/h3-10,18H,2H2,1H3,(H2,16,17). The second kappa shape index (κ2) is 6.47. The van der Waals surface area contributed by atoms with Crippen LogP contribution in [0.1, 0.15) is 12.5 Å². The van der Waals surface area contributed by atoms with Crippen molar-refractivity contribution in [2.45, 2.75) is 6.92 Å². The van der Waals surface area contributed by atoms with Crippen LogP contribution in [0.5, 0.6) is 17.2 Å². The first-order valence-electron chi connectivity index (χ1n) is 6.23. The zero-order valence-corrected chi connectivity index (χ0v) is 11.1. The Hall–Kier alpha value is -2.69. The van der Waals surface area contributed by atoms with Crippen molar-refractivity contribution < 1.29 is 14.7 Å². The van der Waals surface area contributed by atoms with Crippen LogP contribution in [0.4, 0.5) is 0 Å². The molecular formula is C15H16N2O3. The number of ether oxygens (including phenoxy) is 2. The second-order valence-corrected chi connectivity index (χ2v) is 3.96. The van der Waals surface area contributed by atoms with E-state index < -0.39 is 0 Å².